The first kappa shape index (κ1) is 10.4. The molecule has 82 valence electrons. The van der Waals surface area contributed by atoms with Crippen molar-refractivity contribution in [3.63, 3.8) is 0 Å². The summed E-state index contributed by atoms with van der Waals surface area (Å²) in [5.74, 6) is 0.946. The van der Waals surface area contributed by atoms with Crippen LogP contribution in [0.4, 0.5) is 5.82 Å². The van der Waals surface area contributed by atoms with E-state index in [1.807, 2.05) is 13.0 Å². The third-order valence-electron chi connectivity index (χ3n) is 2.94. The van der Waals surface area contributed by atoms with Gasteiger partial charge in [0.15, 0.2) is 0 Å². The number of nitrogens with zero attached hydrogens (tertiary/aromatic N) is 3. The van der Waals surface area contributed by atoms with Gasteiger partial charge in [-0.15, -0.1) is 0 Å². The van der Waals surface area contributed by atoms with E-state index in [-0.39, 0.29) is 6.61 Å². The average Bonchev–Trinajstić information content (AvgIpc) is 2.14. The molecule has 1 saturated carbocycles. The van der Waals surface area contributed by atoms with Crippen LogP contribution in [0, 0.1) is 6.92 Å². The predicted octanol–water partition coefficient (Wildman–Crippen LogP) is 1.14. The lowest BCUT2D eigenvalue weighted by atomic mass is 9.91. The summed E-state index contributed by atoms with van der Waals surface area (Å²) in [6.45, 7) is 2.81. The molecule has 15 heavy (non-hydrogen) atoms. The molecule has 1 N–H and O–H groups in total. The SMILES string of the molecule is Cc1cc(N(CCO)C2CCC2)ncn1. The Morgan fingerprint density at radius 3 is 2.80 bits per heavy atom. The van der Waals surface area contributed by atoms with E-state index < -0.39 is 0 Å². The Morgan fingerprint density at radius 2 is 2.27 bits per heavy atom. The van der Waals surface area contributed by atoms with Crippen molar-refractivity contribution in [2.75, 3.05) is 18.1 Å². The Labute approximate surface area is 90.0 Å². The number of aliphatic hydroxyl groups is 1. The van der Waals surface area contributed by atoms with Gasteiger partial charge in [-0.2, -0.15) is 0 Å². The molecule has 1 aliphatic rings. The molecule has 0 amide bonds. The maximum absolute atomic E-state index is 9.05. The Hall–Kier alpha value is -1.16. The molecule has 0 saturated heterocycles. The molecule has 0 spiro atoms. The third kappa shape index (κ3) is 2.26. The highest BCUT2D eigenvalue weighted by Gasteiger charge is 2.25. The van der Waals surface area contributed by atoms with Crippen molar-refractivity contribution < 1.29 is 5.11 Å². The van der Waals surface area contributed by atoms with Crippen LogP contribution in [0.3, 0.4) is 0 Å². The van der Waals surface area contributed by atoms with Crippen molar-refractivity contribution in [1.29, 1.82) is 0 Å². The molecule has 4 nitrogen and oxygen atoms in total. The fourth-order valence-electron chi connectivity index (χ4n) is 1.89. The number of hydrogen-bond acceptors (Lipinski definition) is 4. The van der Waals surface area contributed by atoms with Crippen LogP contribution < -0.4 is 4.90 Å². The fourth-order valence-corrected chi connectivity index (χ4v) is 1.89. The maximum atomic E-state index is 9.05. The van der Waals surface area contributed by atoms with E-state index in [1.165, 1.54) is 19.3 Å². The summed E-state index contributed by atoms with van der Waals surface area (Å²) in [4.78, 5) is 10.5. The van der Waals surface area contributed by atoms with Crippen molar-refractivity contribution in [3.8, 4) is 0 Å². The molecule has 0 bridgehead atoms. The highest BCUT2D eigenvalue weighted by atomic mass is 16.3. The van der Waals surface area contributed by atoms with Crippen LogP contribution >= 0.6 is 0 Å². The molecule has 1 heterocycles. The molecular weight excluding hydrogens is 190 g/mol. The zero-order valence-corrected chi connectivity index (χ0v) is 9.06. The molecule has 0 aliphatic heterocycles. The van der Waals surface area contributed by atoms with Gasteiger partial charge in [-0.1, -0.05) is 0 Å². The maximum Gasteiger partial charge on any atom is 0.132 e. The van der Waals surface area contributed by atoms with Crippen LogP contribution in [-0.4, -0.2) is 34.3 Å². The molecule has 1 aromatic heterocycles. The van der Waals surface area contributed by atoms with Crippen LogP contribution in [0.15, 0.2) is 12.4 Å². The number of rotatable bonds is 4. The average molecular weight is 207 g/mol. The Bertz CT molecular complexity index is 325. The van der Waals surface area contributed by atoms with Gasteiger partial charge >= 0.3 is 0 Å². The van der Waals surface area contributed by atoms with Gasteiger partial charge in [-0.3, -0.25) is 0 Å². The quantitative estimate of drug-likeness (QED) is 0.804. The topological polar surface area (TPSA) is 49.2 Å². The number of hydrogen-bond donors (Lipinski definition) is 1. The lowest BCUT2D eigenvalue weighted by Gasteiger charge is -2.38. The van der Waals surface area contributed by atoms with Gasteiger partial charge in [0.25, 0.3) is 0 Å². The predicted molar refractivity (Wildman–Crippen MR) is 58.8 cm³/mol. The number of anilines is 1. The first-order valence-corrected chi connectivity index (χ1v) is 5.47. The monoisotopic (exact) mass is 207 g/mol. The minimum absolute atomic E-state index is 0.180. The van der Waals surface area contributed by atoms with Crippen LogP contribution in [0.1, 0.15) is 25.0 Å². The van der Waals surface area contributed by atoms with Crippen LogP contribution in [0.25, 0.3) is 0 Å². The van der Waals surface area contributed by atoms with Crippen molar-refractivity contribution in [2.24, 2.45) is 0 Å². The smallest absolute Gasteiger partial charge is 0.132 e. The summed E-state index contributed by atoms with van der Waals surface area (Å²) in [6, 6.07) is 2.54. The minimum Gasteiger partial charge on any atom is -0.395 e. The van der Waals surface area contributed by atoms with E-state index in [1.54, 1.807) is 6.33 Å². The summed E-state index contributed by atoms with van der Waals surface area (Å²) in [5.41, 5.74) is 0.974. The van der Waals surface area contributed by atoms with Gasteiger partial charge in [-0.05, 0) is 26.2 Å². The first-order valence-electron chi connectivity index (χ1n) is 5.47. The zero-order valence-electron chi connectivity index (χ0n) is 9.06. The fraction of sp³-hybridized carbons (Fsp3) is 0.636. The van der Waals surface area contributed by atoms with Crippen molar-refractivity contribution in [1.82, 2.24) is 9.97 Å². The molecule has 0 atom stereocenters. The van der Waals surface area contributed by atoms with Crippen molar-refractivity contribution in [2.45, 2.75) is 32.2 Å². The number of aryl methyl sites for hydroxylation is 1. The van der Waals surface area contributed by atoms with Gasteiger partial charge in [0, 0.05) is 24.3 Å². The third-order valence-corrected chi connectivity index (χ3v) is 2.94. The van der Waals surface area contributed by atoms with Crippen LogP contribution in [-0.2, 0) is 0 Å². The summed E-state index contributed by atoms with van der Waals surface area (Å²) in [6.07, 6.45) is 5.30. The van der Waals surface area contributed by atoms with E-state index in [0.717, 1.165) is 11.5 Å². The lowest BCUT2D eigenvalue weighted by Crippen LogP contribution is -2.42. The van der Waals surface area contributed by atoms with E-state index in [0.29, 0.717) is 12.6 Å². The second-order valence-corrected chi connectivity index (χ2v) is 4.02. The second-order valence-electron chi connectivity index (χ2n) is 4.02. The highest BCUT2D eigenvalue weighted by molar-refractivity contribution is 5.40. The van der Waals surface area contributed by atoms with Gasteiger partial charge in [0.1, 0.15) is 12.1 Å². The standard InChI is InChI=1S/C11H17N3O/c1-9-7-11(13-8-12-9)14(5-6-15)10-3-2-4-10/h7-8,10,15H,2-6H2,1H3. The zero-order chi connectivity index (χ0) is 10.7. The first-order chi connectivity index (χ1) is 7.31. The molecule has 1 aromatic rings. The Balaban J connectivity index is 2.15. The number of aliphatic hydroxyl groups excluding tert-OH is 1. The largest absolute Gasteiger partial charge is 0.395 e. The van der Waals surface area contributed by atoms with Gasteiger partial charge in [0.2, 0.25) is 0 Å². The van der Waals surface area contributed by atoms with Crippen molar-refractivity contribution >= 4 is 5.82 Å². The summed E-state index contributed by atoms with van der Waals surface area (Å²) >= 11 is 0. The molecule has 0 aromatic carbocycles. The molecule has 1 aliphatic carbocycles. The van der Waals surface area contributed by atoms with Crippen LogP contribution in [0.5, 0.6) is 0 Å². The van der Waals surface area contributed by atoms with Crippen molar-refractivity contribution in [3.05, 3.63) is 18.1 Å². The molecule has 2 rings (SSSR count). The van der Waals surface area contributed by atoms with E-state index >= 15 is 0 Å². The number of aromatic nitrogens is 2. The molecular formula is C11H17N3O. The van der Waals surface area contributed by atoms with Crippen LogP contribution in [0.2, 0.25) is 0 Å². The van der Waals surface area contributed by atoms with Gasteiger partial charge in [0.05, 0.1) is 6.61 Å². The molecule has 0 unspecified atom stereocenters. The summed E-state index contributed by atoms with van der Waals surface area (Å²) < 4.78 is 0. The Kier molecular flexibility index (Phi) is 3.16. The minimum atomic E-state index is 0.180. The normalized spacial score (nSPS) is 16.1. The highest BCUT2D eigenvalue weighted by Crippen LogP contribution is 2.28. The van der Waals surface area contributed by atoms with E-state index in [2.05, 4.69) is 14.9 Å². The van der Waals surface area contributed by atoms with Gasteiger partial charge < -0.3 is 10.0 Å². The van der Waals surface area contributed by atoms with E-state index in [4.69, 9.17) is 5.11 Å². The molecule has 1 fully saturated rings. The lowest BCUT2D eigenvalue weighted by molar-refractivity contribution is 0.283. The Morgan fingerprint density at radius 1 is 1.47 bits per heavy atom. The summed E-state index contributed by atoms with van der Waals surface area (Å²) in [7, 11) is 0. The molecule has 4 heteroatoms. The second kappa shape index (κ2) is 4.57. The molecule has 0 radical (unpaired) electrons. The van der Waals surface area contributed by atoms with Gasteiger partial charge in [-0.25, -0.2) is 9.97 Å². The summed E-state index contributed by atoms with van der Waals surface area (Å²) in [5, 5.41) is 9.05. The van der Waals surface area contributed by atoms with E-state index in [9.17, 15) is 0 Å².